The number of ether oxygens (including phenoxy) is 1. The quantitative estimate of drug-likeness (QED) is 0.402. The fourth-order valence-electron chi connectivity index (χ4n) is 4.33. The lowest BCUT2D eigenvalue weighted by Gasteiger charge is -2.34. The Morgan fingerprint density at radius 2 is 2.00 bits per heavy atom. The van der Waals surface area contributed by atoms with Crippen molar-refractivity contribution in [2.45, 2.75) is 25.0 Å². The summed E-state index contributed by atoms with van der Waals surface area (Å²) in [6.45, 7) is 2.44. The van der Waals surface area contributed by atoms with E-state index in [1.807, 2.05) is 23.1 Å². The molecule has 1 unspecified atom stereocenters. The van der Waals surface area contributed by atoms with E-state index in [1.54, 1.807) is 6.20 Å². The van der Waals surface area contributed by atoms with Crippen LogP contribution in [0.5, 0.6) is 5.75 Å². The summed E-state index contributed by atoms with van der Waals surface area (Å²) in [5.74, 6) is -3.67. The molecule has 0 saturated carbocycles. The topological polar surface area (TPSA) is 97.9 Å². The third-order valence-electron chi connectivity index (χ3n) is 6.13. The average Bonchev–Trinajstić information content (AvgIpc) is 3.51. The Labute approximate surface area is 193 Å². The summed E-state index contributed by atoms with van der Waals surface area (Å²) in [5.41, 5.74) is 8.50. The van der Waals surface area contributed by atoms with Crippen LogP contribution in [0.3, 0.4) is 0 Å². The molecule has 3 aromatic heterocycles. The Kier molecular flexibility index (Phi) is 6.20. The van der Waals surface area contributed by atoms with Gasteiger partial charge in [-0.1, -0.05) is 0 Å². The number of nitrogens with zero attached hydrogens (tertiary/aromatic N) is 5. The summed E-state index contributed by atoms with van der Waals surface area (Å²) < 4.78 is 48.2. The summed E-state index contributed by atoms with van der Waals surface area (Å²) in [4.78, 5) is 13.9. The van der Waals surface area contributed by atoms with Gasteiger partial charge in [0.15, 0.2) is 11.6 Å². The standard InChI is InChI=1S/C23H24F3N7O/c24-15-7-19(25)21(26)20(8-15)34-17-2-5-32(6-3-17)12-16(9-27)33-11-14(10-31-33)22-18-1-4-28-23(18)30-13-29-22/h1,4,7-8,10-11,13,16-17H,2-3,5-6,9,12,27H2,(H,28,29,30). The number of halogens is 3. The van der Waals surface area contributed by atoms with Crippen molar-refractivity contribution in [2.24, 2.45) is 5.73 Å². The smallest absolute Gasteiger partial charge is 0.200 e. The number of nitrogens with one attached hydrogen (secondary N) is 1. The van der Waals surface area contributed by atoms with Gasteiger partial charge in [0.1, 0.15) is 23.9 Å². The lowest BCUT2D eigenvalue weighted by molar-refractivity contribution is 0.0877. The molecule has 1 aliphatic heterocycles. The molecular formula is C23H24F3N7O. The van der Waals surface area contributed by atoms with Crippen LogP contribution in [-0.2, 0) is 0 Å². The Morgan fingerprint density at radius 3 is 2.79 bits per heavy atom. The van der Waals surface area contributed by atoms with E-state index in [0.29, 0.717) is 45.1 Å². The van der Waals surface area contributed by atoms with Gasteiger partial charge < -0.3 is 20.4 Å². The lowest BCUT2D eigenvalue weighted by atomic mass is 10.1. The van der Waals surface area contributed by atoms with Gasteiger partial charge in [-0.15, -0.1) is 0 Å². The number of aromatic amines is 1. The van der Waals surface area contributed by atoms with Crippen LogP contribution in [0.1, 0.15) is 18.9 Å². The molecule has 0 bridgehead atoms. The summed E-state index contributed by atoms with van der Waals surface area (Å²) in [6.07, 6.45) is 7.93. The first kappa shape index (κ1) is 22.4. The summed E-state index contributed by atoms with van der Waals surface area (Å²) in [7, 11) is 0. The minimum atomic E-state index is -1.25. The van der Waals surface area contributed by atoms with Gasteiger partial charge in [0.05, 0.1) is 17.9 Å². The summed E-state index contributed by atoms with van der Waals surface area (Å²) in [5, 5.41) is 5.44. The molecule has 1 saturated heterocycles. The van der Waals surface area contributed by atoms with Crippen molar-refractivity contribution < 1.29 is 17.9 Å². The molecule has 1 atom stereocenters. The van der Waals surface area contributed by atoms with E-state index in [2.05, 4.69) is 25.0 Å². The van der Waals surface area contributed by atoms with Gasteiger partial charge in [-0.3, -0.25) is 4.68 Å². The van der Waals surface area contributed by atoms with Crippen LogP contribution in [0.15, 0.2) is 43.1 Å². The third-order valence-corrected chi connectivity index (χ3v) is 6.13. The fourth-order valence-corrected chi connectivity index (χ4v) is 4.33. The predicted octanol–water partition coefficient (Wildman–Crippen LogP) is 3.28. The molecule has 0 spiro atoms. The molecule has 1 fully saturated rings. The van der Waals surface area contributed by atoms with Crippen LogP contribution >= 0.6 is 0 Å². The molecule has 11 heteroatoms. The molecule has 3 N–H and O–H groups in total. The van der Waals surface area contributed by atoms with Crippen LogP contribution in [-0.4, -0.2) is 61.9 Å². The second-order valence-electron chi connectivity index (χ2n) is 8.38. The highest BCUT2D eigenvalue weighted by atomic mass is 19.2. The van der Waals surface area contributed by atoms with Gasteiger partial charge in [0, 0.05) is 61.7 Å². The number of nitrogens with two attached hydrogens (primary N) is 1. The van der Waals surface area contributed by atoms with E-state index in [4.69, 9.17) is 10.5 Å². The van der Waals surface area contributed by atoms with Crippen LogP contribution in [0, 0.1) is 17.5 Å². The normalized spacial score (nSPS) is 16.2. The maximum atomic E-state index is 13.9. The summed E-state index contributed by atoms with van der Waals surface area (Å²) >= 11 is 0. The number of hydrogen-bond donors (Lipinski definition) is 2. The van der Waals surface area contributed by atoms with Crippen molar-refractivity contribution in [1.82, 2.24) is 29.6 Å². The van der Waals surface area contributed by atoms with Crippen LogP contribution in [0.4, 0.5) is 13.2 Å². The molecule has 178 valence electrons. The van der Waals surface area contributed by atoms with Gasteiger partial charge in [0.25, 0.3) is 0 Å². The molecule has 4 aromatic rings. The molecule has 34 heavy (non-hydrogen) atoms. The van der Waals surface area contributed by atoms with E-state index < -0.39 is 17.5 Å². The van der Waals surface area contributed by atoms with E-state index in [-0.39, 0.29) is 17.9 Å². The Bertz CT molecular complexity index is 1280. The average molecular weight is 471 g/mol. The molecule has 1 aliphatic rings. The van der Waals surface area contributed by atoms with Crippen LogP contribution < -0.4 is 10.5 Å². The van der Waals surface area contributed by atoms with Crippen LogP contribution in [0.25, 0.3) is 22.3 Å². The van der Waals surface area contributed by atoms with E-state index in [1.165, 1.54) is 6.33 Å². The highest BCUT2D eigenvalue weighted by Crippen LogP contribution is 2.27. The molecule has 4 heterocycles. The van der Waals surface area contributed by atoms with Gasteiger partial charge >= 0.3 is 0 Å². The molecule has 1 aromatic carbocycles. The van der Waals surface area contributed by atoms with Gasteiger partial charge in [0.2, 0.25) is 5.82 Å². The number of aromatic nitrogens is 5. The Hall–Kier alpha value is -3.44. The highest BCUT2D eigenvalue weighted by molar-refractivity contribution is 5.89. The maximum Gasteiger partial charge on any atom is 0.200 e. The first-order valence-electron chi connectivity index (χ1n) is 11.1. The first-order chi connectivity index (χ1) is 16.5. The van der Waals surface area contributed by atoms with Crippen molar-refractivity contribution in [1.29, 1.82) is 0 Å². The SMILES string of the molecule is NCC(CN1CCC(Oc2cc(F)cc(F)c2F)CC1)n1cc(-c2ncnc3[nH]ccc23)cn1. The predicted molar refractivity (Wildman–Crippen MR) is 120 cm³/mol. The minimum Gasteiger partial charge on any atom is -0.487 e. The molecule has 0 amide bonds. The first-order valence-corrected chi connectivity index (χ1v) is 11.1. The van der Waals surface area contributed by atoms with Gasteiger partial charge in [-0.2, -0.15) is 9.49 Å². The maximum absolute atomic E-state index is 13.9. The van der Waals surface area contributed by atoms with E-state index in [9.17, 15) is 13.2 Å². The number of likely N-dealkylation sites (tertiary alicyclic amines) is 1. The number of benzene rings is 1. The number of fused-ring (bicyclic) bond motifs is 1. The third kappa shape index (κ3) is 4.48. The number of H-pyrrole nitrogens is 1. The fraction of sp³-hybridized carbons (Fsp3) is 0.348. The molecular weight excluding hydrogens is 447 g/mol. The Morgan fingerprint density at radius 1 is 1.18 bits per heavy atom. The molecule has 0 aliphatic carbocycles. The lowest BCUT2D eigenvalue weighted by Crippen LogP contribution is -2.42. The number of rotatable bonds is 7. The van der Waals surface area contributed by atoms with Crippen molar-refractivity contribution in [3.05, 3.63) is 60.6 Å². The number of piperidine rings is 1. The molecule has 5 rings (SSSR count). The van der Waals surface area contributed by atoms with Gasteiger partial charge in [-0.25, -0.2) is 18.7 Å². The van der Waals surface area contributed by atoms with Crippen molar-refractivity contribution in [3.63, 3.8) is 0 Å². The minimum absolute atomic E-state index is 0.0514. The van der Waals surface area contributed by atoms with Crippen LogP contribution in [0.2, 0.25) is 0 Å². The zero-order valence-electron chi connectivity index (χ0n) is 18.3. The Balaban J connectivity index is 1.21. The van der Waals surface area contributed by atoms with Crippen molar-refractivity contribution >= 4 is 11.0 Å². The zero-order chi connectivity index (χ0) is 23.7. The molecule has 0 radical (unpaired) electrons. The highest BCUT2D eigenvalue weighted by Gasteiger charge is 2.25. The number of hydrogen-bond acceptors (Lipinski definition) is 6. The van der Waals surface area contributed by atoms with Crippen molar-refractivity contribution in [3.8, 4) is 17.0 Å². The zero-order valence-corrected chi connectivity index (χ0v) is 18.3. The van der Waals surface area contributed by atoms with Gasteiger partial charge in [-0.05, 0) is 18.9 Å². The monoisotopic (exact) mass is 471 g/mol. The second-order valence-corrected chi connectivity index (χ2v) is 8.38. The van der Waals surface area contributed by atoms with E-state index in [0.717, 1.165) is 28.4 Å². The molecule has 8 nitrogen and oxygen atoms in total. The van der Waals surface area contributed by atoms with Crippen molar-refractivity contribution in [2.75, 3.05) is 26.2 Å². The second kappa shape index (κ2) is 9.43. The summed E-state index contributed by atoms with van der Waals surface area (Å²) in [6, 6.07) is 3.26. The largest absolute Gasteiger partial charge is 0.487 e. The van der Waals surface area contributed by atoms with E-state index >= 15 is 0 Å².